The van der Waals surface area contributed by atoms with Gasteiger partial charge in [0, 0.05) is 25.7 Å². The average molecular weight is 325 g/mol. The molecule has 0 aliphatic carbocycles. The van der Waals surface area contributed by atoms with Crippen LogP contribution in [0.1, 0.15) is 24.8 Å². The highest BCUT2D eigenvalue weighted by atomic mass is 32.2. The molecular formula is C16H23NO4S. The quantitative estimate of drug-likeness (QED) is 0.772. The first-order chi connectivity index (χ1) is 10.6. The summed E-state index contributed by atoms with van der Waals surface area (Å²) in [5.74, 6) is 0.177. The lowest BCUT2D eigenvalue weighted by Crippen LogP contribution is -2.35. The van der Waals surface area contributed by atoms with Crippen LogP contribution in [-0.4, -0.2) is 39.8 Å². The second-order valence-electron chi connectivity index (χ2n) is 5.61. The highest BCUT2D eigenvalue weighted by Gasteiger charge is 2.21. The second kappa shape index (κ2) is 8.29. The van der Waals surface area contributed by atoms with Gasteiger partial charge in [-0.3, -0.25) is 4.79 Å². The number of benzene rings is 1. The van der Waals surface area contributed by atoms with Crippen LogP contribution in [0, 0.1) is 5.92 Å². The van der Waals surface area contributed by atoms with Crippen LogP contribution >= 0.6 is 0 Å². The van der Waals surface area contributed by atoms with E-state index in [1.54, 1.807) is 0 Å². The van der Waals surface area contributed by atoms with Crippen LogP contribution in [0.4, 0.5) is 0 Å². The Kier molecular flexibility index (Phi) is 6.39. The second-order valence-corrected chi connectivity index (χ2v) is 7.79. The van der Waals surface area contributed by atoms with Gasteiger partial charge in [0.05, 0.1) is 11.5 Å². The molecule has 0 unspecified atom stereocenters. The van der Waals surface area contributed by atoms with Crippen molar-refractivity contribution in [1.29, 1.82) is 0 Å². The van der Waals surface area contributed by atoms with Crippen LogP contribution in [0.15, 0.2) is 30.3 Å². The maximum atomic E-state index is 12.0. The van der Waals surface area contributed by atoms with E-state index in [-0.39, 0.29) is 23.3 Å². The number of sulfone groups is 1. The first-order valence-corrected chi connectivity index (χ1v) is 9.49. The molecule has 0 atom stereocenters. The van der Waals surface area contributed by atoms with Gasteiger partial charge in [0.2, 0.25) is 5.91 Å². The summed E-state index contributed by atoms with van der Waals surface area (Å²) in [6.07, 6.45) is 1.94. The standard InChI is InChI=1S/C16H23NO4S/c18-16(15-7-10-21-11-8-15)17-9-4-12-22(19,20)13-14-5-2-1-3-6-14/h1-3,5-6,15H,4,7-13H2,(H,17,18). The predicted molar refractivity (Wildman–Crippen MR) is 85.1 cm³/mol. The zero-order chi connectivity index (χ0) is 15.8. The van der Waals surface area contributed by atoms with Crippen LogP contribution in [-0.2, 0) is 25.1 Å². The fourth-order valence-corrected chi connectivity index (χ4v) is 3.94. The highest BCUT2D eigenvalue weighted by Crippen LogP contribution is 2.14. The molecule has 1 saturated heterocycles. The van der Waals surface area contributed by atoms with Crippen molar-refractivity contribution in [2.45, 2.75) is 25.0 Å². The molecule has 6 heteroatoms. The van der Waals surface area contributed by atoms with E-state index in [0.717, 1.165) is 18.4 Å². The molecule has 1 heterocycles. The van der Waals surface area contributed by atoms with E-state index in [1.807, 2.05) is 30.3 Å². The minimum absolute atomic E-state index is 0.00896. The third-order valence-corrected chi connectivity index (χ3v) is 5.44. The lowest BCUT2D eigenvalue weighted by Gasteiger charge is -2.21. The van der Waals surface area contributed by atoms with E-state index in [4.69, 9.17) is 4.74 Å². The van der Waals surface area contributed by atoms with Crippen LogP contribution in [0.5, 0.6) is 0 Å². The smallest absolute Gasteiger partial charge is 0.223 e. The lowest BCUT2D eigenvalue weighted by molar-refractivity contribution is -0.127. The molecule has 1 N–H and O–H groups in total. The van der Waals surface area contributed by atoms with Gasteiger partial charge in [-0.25, -0.2) is 8.42 Å². The molecule has 1 aromatic rings. The molecule has 1 aliphatic rings. The van der Waals surface area contributed by atoms with Gasteiger partial charge in [0.15, 0.2) is 9.84 Å². The Morgan fingerprint density at radius 1 is 1.18 bits per heavy atom. The summed E-state index contributed by atoms with van der Waals surface area (Å²) in [6.45, 7) is 1.66. The molecule has 0 saturated carbocycles. The van der Waals surface area contributed by atoms with Crippen molar-refractivity contribution in [3.63, 3.8) is 0 Å². The van der Waals surface area contributed by atoms with E-state index >= 15 is 0 Å². The maximum Gasteiger partial charge on any atom is 0.223 e. The summed E-state index contributed by atoms with van der Waals surface area (Å²) in [5, 5.41) is 2.83. The molecule has 0 aromatic heterocycles. The molecule has 22 heavy (non-hydrogen) atoms. The minimum Gasteiger partial charge on any atom is -0.381 e. The number of nitrogens with one attached hydrogen (secondary N) is 1. The van der Waals surface area contributed by atoms with E-state index in [9.17, 15) is 13.2 Å². The molecular weight excluding hydrogens is 302 g/mol. The summed E-state index contributed by atoms with van der Waals surface area (Å²) >= 11 is 0. The Bertz CT molecular complexity index is 565. The molecule has 1 fully saturated rings. The molecule has 122 valence electrons. The molecule has 5 nitrogen and oxygen atoms in total. The fraction of sp³-hybridized carbons (Fsp3) is 0.562. The van der Waals surface area contributed by atoms with Crippen molar-refractivity contribution in [1.82, 2.24) is 5.32 Å². The highest BCUT2D eigenvalue weighted by molar-refractivity contribution is 7.90. The number of rotatable bonds is 7. The van der Waals surface area contributed by atoms with Gasteiger partial charge in [0.1, 0.15) is 0 Å². The number of amides is 1. The molecule has 1 aliphatic heterocycles. The largest absolute Gasteiger partial charge is 0.381 e. The molecule has 0 spiro atoms. The molecule has 1 amide bonds. The molecule has 0 radical (unpaired) electrons. The Labute approximate surface area is 132 Å². The number of carbonyl (C=O) groups is 1. The fourth-order valence-electron chi connectivity index (χ4n) is 2.51. The zero-order valence-electron chi connectivity index (χ0n) is 12.7. The van der Waals surface area contributed by atoms with E-state index in [2.05, 4.69) is 5.32 Å². The van der Waals surface area contributed by atoms with Gasteiger partial charge in [-0.1, -0.05) is 30.3 Å². The van der Waals surface area contributed by atoms with Gasteiger partial charge >= 0.3 is 0 Å². The van der Waals surface area contributed by atoms with Crippen molar-refractivity contribution < 1.29 is 17.9 Å². The van der Waals surface area contributed by atoms with Gasteiger partial charge in [0.25, 0.3) is 0 Å². The number of ether oxygens (including phenoxy) is 1. The van der Waals surface area contributed by atoms with E-state index < -0.39 is 9.84 Å². The summed E-state index contributed by atoms with van der Waals surface area (Å²) in [4.78, 5) is 11.9. The summed E-state index contributed by atoms with van der Waals surface area (Å²) in [7, 11) is -3.13. The van der Waals surface area contributed by atoms with Crippen molar-refractivity contribution in [2.24, 2.45) is 5.92 Å². The van der Waals surface area contributed by atoms with Crippen molar-refractivity contribution in [3.05, 3.63) is 35.9 Å². The van der Waals surface area contributed by atoms with Crippen LogP contribution < -0.4 is 5.32 Å². The predicted octanol–water partition coefficient (Wildman–Crippen LogP) is 1.53. The van der Waals surface area contributed by atoms with Gasteiger partial charge in [-0.05, 0) is 24.8 Å². The van der Waals surface area contributed by atoms with E-state index in [0.29, 0.717) is 26.2 Å². The number of hydrogen-bond donors (Lipinski definition) is 1. The van der Waals surface area contributed by atoms with Crippen LogP contribution in [0.3, 0.4) is 0 Å². The number of hydrogen-bond acceptors (Lipinski definition) is 4. The molecule has 2 rings (SSSR count). The maximum absolute atomic E-state index is 12.0. The van der Waals surface area contributed by atoms with Gasteiger partial charge in [-0.2, -0.15) is 0 Å². The Morgan fingerprint density at radius 3 is 2.55 bits per heavy atom. The summed E-state index contributed by atoms with van der Waals surface area (Å²) in [6, 6.07) is 9.15. The van der Waals surface area contributed by atoms with Gasteiger partial charge in [-0.15, -0.1) is 0 Å². The monoisotopic (exact) mass is 325 g/mol. The molecule has 0 bridgehead atoms. The van der Waals surface area contributed by atoms with Crippen molar-refractivity contribution >= 4 is 15.7 Å². The first kappa shape index (κ1) is 17.0. The third-order valence-electron chi connectivity index (χ3n) is 3.75. The average Bonchev–Trinajstić information content (AvgIpc) is 2.53. The Hall–Kier alpha value is -1.40. The number of carbonyl (C=O) groups excluding carboxylic acids is 1. The lowest BCUT2D eigenvalue weighted by atomic mass is 9.99. The van der Waals surface area contributed by atoms with Crippen LogP contribution in [0.2, 0.25) is 0 Å². The summed E-state index contributed by atoms with van der Waals surface area (Å²) in [5.41, 5.74) is 0.800. The Morgan fingerprint density at radius 2 is 1.86 bits per heavy atom. The normalized spacial score (nSPS) is 16.4. The zero-order valence-corrected chi connectivity index (χ0v) is 13.5. The Balaban J connectivity index is 1.68. The topological polar surface area (TPSA) is 72.5 Å². The van der Waals surface area contributed by atoms with Gasteiger partial charge < -0.3 is 10.1 Å². The first-order valence-electron chi connectivity index (χ1n) is 7.67. The third kappa shape index (κ3) is 5.77. The minimum atomic E-state index is -3.13. The van der Waals surface area contributed by atoms with E-state index in [1.165, 1.54) is 0 Å². The SMILES string of the molecule is O=C(NCCCS(=O)(=O)Cc1ccccc1)C1CCOCC1. The molecule has 1 aromatic carbocycles. The van der Waals surface area contributed by atoms with Crippen molar-refractivity contribution in [2.75, 3.05) is 25.5 Å². The van der Waals surface area contributed by atoms with Crippen LogP contribution in [0.25, 0.3) is 0 Å². The van der Waals surface area contributed by atoms with Crippen molar-refractivity contribution in [3.8, 4) is 0 Å². The summed E-state index contributed by atoms with van der Waals surface area (Å²) < 4.78 is 29.3.